The van der Waals surface area contributed by atoms with E-state index in [-0.39, 0.29) is 12.3 Å². The van der Waals surface area contributed by atoms with Crippen molar-refractivity contribution >= 4 is 5.91 Å². The monoisotopic (exact) mass is 413 g/mol. The van der Waals surface area contributed by atoms with Gasteiger partial charge in [0.1, 0.15) is 5.75 Å². The predicted molar refractivity (Wildman–Crippen MR) is 118 cm³/mol. The van der Waals surface area contributed by atoms with Crippen molar-refractivity contribution in [3.05, 3.63) is 84.9 Å². The highest BCUT2D eigenvalue weighted by molar-refractivity contribution is 5.78. The van der Waals surface area contributed by atoms with Gasteiger partial charge in [-0.3, -0.25) is 19.4 Å². The zero-order valence-corrected chi connectivity index (χ0v) is 17.2. The summed E-state index contributed by atoms with van der Waals surface area (Å²) in [5, 5.41) is 7.72. The van der Waals surface area contributed by atoms with Gasteiger partial charge in [0, 0.05) is 42.0 Å². The Bertz CT molecular complexity index is 1140. The second-order valence-electron chi connectivity index (χ2n) is 6.96. The minimum Gasteiger partial charge on any atom is -0.497 e. The van der Waals surface area contributed by atoms with Crippen LogP contribution in [0.3, 0.4) is 0 Å². The summed E-state index contributed by atoms with van der Waals surface area (Å²) < 4.78 is 7.28. The standard InChI is InChI=1S/C24H23N5O2/c1-31-21-9-4-6-18(14-21)23-16-22(19-7-5-10-25-17-19)28-29(23)13-12-27-24(30)15-20-8-2-3-11-26-20/h2-11,14,16-17H,12-13,15H2,1H3,(H,27,30). The second-order valence-corrected chi connectivity index (χ2v) is 6.96. The van der Waals surface area contributed by atoms with E-state index in [1.807, 2.05) is 65.3 Å². The van der Waals surface area contributed by atoms with Gasteiger partial charge >= 0.3 is 0 Å². The molecule has 3 heterocycles. The Kier molecular flexibility index (Phi) is 6.32. The highest BCUT2D eigenvalue weighted by atomic mass is 16.5. The van der Waals surface area contributed by atoms with Crippen LogP contribution in [0.5, 0.6) is 5.75 Å². The molecule has 31 heavy (non-hydrogen) atoms. The molecule has 0 unspecified atom stereocenters. The van der Waals surface area contributed by atoms with Gasteiger partial charge in [-0.1, -0.05) is 18.2 Å². The van der Waals surface area contributed by atoms with Gasteiger partial charge in [0.15, 0.2) is 0 Å². The summed E-state index contributed by atoms with van der Waals surface area (Å²) in [6.07, 6.45) is 5.47. The van der Waals surface area contributed by atoms with Crippen LogP contribution in [-0.4, -0.2) is 39.3 Å². The molecule has 1 amide bonds. The van der Waals surface area contributed by atoms with Gasteiger partial charge in [0.25, 0.3) is 0 Å². The lowest BCUT2D eigenvalue weighted by Gasteiger charge is -2.10. The Hall–Kier alpha value is -4.00. The number of hydrogen-bond donors (Lipinski definition) is 1. The van der Waals surface area contributed by atoms with Crippen molar-refractivity contribution < 1.29 is 9.53 Å². The number of nitrogens with zero attached hydrogens (tertiary/aromatic N) is 4. The van der Waals surface area contributed by atoms with Gasteiger partial charge in [-0.05, 0) is 42.5 Å². The number of carbonyl (C=O) groups is 1. The number of methoxy groups -OCH3 is 1. The maximum atomic E-state index is 12.3. The first kappa shape index (κ1) is 20.3. The molecule has 1 N–H and O–H groups in total. The number of nitrogens with one attached hydrogen (secondary N) is 1. The first-order chi connectivity index (χ1) is 15.2. The summed E-state index contributed by atoms with van der Waals surface area (Å²) >= 11 is 0. The first-order valence-corrected chi connectivity index (χ1v) is 10.0. The highest BCUT2D eigenvalue weighted by Crippen LogP contribution is 2.28. The van der Waals surface area contributed by atoms with Crippen LogP contribution in [0.25, 0.3) is 22.5 Å². The zero-order chi connectivity index (χ0) is 21.5. The molecule has 0 atom stereocenters. The predicted octanol–water partition coefficient (Wildman–Crippen LogP) is 3.37. The molecule has 0 fully saturated rings. The van der Waals surface area contributed by atoms with Crippen LogP contribution in [-0.2, 0) is 17.8 Å². The average molecular weight is 413 g/mol. The summed E-state index contributed by atoms with van der Waals surface area (Å²) in [5.74, 6) is 0.707. The summed E-state index contributed by atoms with van der Waals surface area (Å²) in [7, 11) is 1.65. The fraction of sp³-hybridized carbons (Fsp3) is 0.167. The third-order valence-electron chi connectivity index (χ3n) is 4.82. The van der Waals surface area contributed by atoms with Crippen LogP contribution < -0.4 is 10.1 Å². The Morgan fingerprint density at radius 3 is 2.71 bits per heavy atom. The third kappa shape index (κ3) is 5.14. The second kappa shape index (κ2) is 9.67. The van der Waals surface area contributed by atoms with E-state index >= 15 is 0 Å². The molecular weight excluding hydrogens is 390 g/mol. The molecule has 0 saturated carbocycles. The Morgan fingerprint density at radius 1 is 1.03 bits per heavy atom. The van der Waals surface area contributed by atoms with Crippen molar-refractivity contribution in [2.75, 3.05) is 13.7 Å². The van der Waals surface area contributed by atoms with Crippen LogP contribution in [0.1, 0.15) is 5.69 Å². The molecule has 0 radical (unpaired) electrons. The van der Waals surface area contributed by atoms with E-state index in [1.165, 1.54) is 0 Å². The summed E-state index contributed by atoms with van der Waals surface area (Å²) in [4.78, 5) is 20.7. The molecule has 0 saturated heterocycles. The number of hydrogen-bond acceptors (Lipinski definition) is 5. The Morgan fingerprint density at radius 2 is 1.94 bits per heavy atom. The lowest BCUT2D eigenvalue weighted by molar-refractivity contribution is -0.120. The van der Waals surface area contributed by atoms with Crippen LogP contribution in [0.15, 0.2) is 79.3 Å². The number of pyridine rings is 2. The minimum atomic E-state index is -0.0683. The number of benzene rings is 1. The van der Waals surface area contributed by atoms with Gasteiger partial charge in [0.05, 0.1) is 31.5 Å². The Labute approximate surface area is 180 Å². The molecule has 0 bridgehead atoms. The lowest BCUT2D eigenvalue weighted by atomic mass is 10.1. The normalized spacial score (nSPS) is 10.6. The van der Waals surface area contributed by atoms with Crippen molar-refractivity contribution in [3.63, 3.8) is 0 Å². The average Bonchev–Trinajstić information content (AvgIpc) is 3.24. The van der Waals surface area contributed by atoms with E-state index in [2.05, 4.69) is 15.3 Å². The maximum absolute atomic E-state index is 12.3. The molecule has 3 aromatic heterocycles. The van der Waals surface area contributed by atoms with Gasteiger partial charge in [-0.15, -0.1) is 0 Å². The van der Waals surface area contributed by atoms with Crippen molar-refractivity contribution in [3.8, 4) is 28.3 Å². The molecule has 156 valence electrons. The van der Waals surface area contributed by atoms with Crippen LogP contribution in [0.4, 0.5) is 0 Å². The topological polar surface area (TPSA) is 81.9 Å². The number of rotatable bonds is 8. The van der Waals surface area contributed by atoms with Crippen molar-refractivity contribution in [2.24, 2.45) is 0 Å². The molecule has 0 aliphatic rings. The number of carbonyl (C=O) groups excluding carboxylic acids is 1. The fourth-order valence-corrected chi connectivity index (χ4v) is 3.29. The minimum absolute atomic E-state index is 0.0683. The summed E-state index contributed by atoms with van der Waals surface area (Å²) in [6.45, 7) is 0.984. The summed E-state index contributed by atoms with van der Waals surface area (Å²) in [6, 6.07) is 19.3. The molecule has 7 nitrogen and oxygen atoms in total. The van der Waals surface area contributed by atoms with E-state index in [0.717, 1.165) is 34.0 Å². The first-order valence-electron chi connectivity index (χ1n) is 10.0. The third-order valence-corrected chi connectivity index (χ3v) is 4.82. The van der Waals surface area contributed by atoms with E-state index in [1.54, 1.807) is 25.7 Å². The van der Waals surface area contributed by atoms with Gasteiger partial charge < -0.3 is 10.1 Å². The quantitative estimate of drug-likeness (QED) is 0.479. The number of amides is 1. The molecule has 4 aromatic rings. The summed E-state index contributed by atoms with van der Waals surface area (Å²) in [5.41, 5.74) is 4.43. The van der Waals surface area contributed by atoms with Gasteiger partial charge in [-0.25, -0.2) is 0 Å². The van der Waals surface area contributed by atoms with E-state index in [9.17, 15) is 4.79 Å². The van der Waals surface area contributed by atoms with E-state index in [0.29, 0.717) is 13.1 Å². The fourth-order valence-electron chi connectivity index (χ4n) is 3.29. The van der Waals surface area contributed by atoms with Crippen LogP contribution >= 0.6 is 0 Å². The molecule has 0 spiro atoms. The molecule has 1 aromatic carbocycles. The SMILES string of the molecule is COc1cccc(-c2cc(-c3cccnc3)nn2CCNC(=O)Cc2ccccn2)c1. The number of ether oxygens (including phenoxy) is 1. The van der Waals surface area contributed by atoms with Crippen LogP contribution in [0.2, 0.25) is 0 Å². The van der Waals surface area contributed by atoms with E-state index in [4.69, 9.17) is 9.84 Å². The van der Waals surface area contributed by atoms with E-state index < -0.39 is 0 Å². The lowest BCUT2D eigenvalue weighted by Crippen LogP contribution is -2.29. The smallest absolute Gasteiger partial charge is 0.226 e. The Balaban J connectivity index is 1.52. The molecule has 7 heteroatoms. The van der Waals surface area contributed by atoms with Crippen molar-refractivity contribution in [1.29, 1.82) is 0 Å². The molecule has 0 aliphatic heterocycles. The highest BCUT2D eigenvalue weighted by Gasteiger charge is 2.13. The largest absolute Gasteiger partial charge is 0.497 e. The molecule has 4 rings (SSSR count). The maximum Gasteiger partial charge on any atom is 0.226 e. The zero-order valence-electron chi connectivity index (χ0n) is 17.2. The van der Waals surface area contributed by atoms with Crippen molar-refractivity contribution in [2.45, 2.75) is 13.0 Å². The molecular formula is C24H23N5O2. The number of aromatic nitrogens is 4. The van der Waals surface area contributed by atoms with Crippen LogP contribution in [0, 0.1) is 0 Å². The van der Waals surface area contributed by atoms with Gasteiger partial charge in [0.2, 0.25) is 5.91 Å². The molecule has 0 aliphatic carbocycles. The van der Waals surface area contributed by atoms with Gasteiger partial charge in [-0.2, -0.15) is 5.10 Å². The van der Waals surface area contributed by atoms with Crippen molar-refractivity contribution in [1.82, 2.24) is 25.1 Å².